The maximum atomic E-state index is 10.9. The Morgan fingerprint density at radius 1 is 1.69 bits per heavy atom. The molecular weight excluding hydrogens is 172 g/mol. The highest BCUT2D eigenvalue weighted by atomic mass is 16.6. The molecule has 4 nitrogen and oxygen atoms in total. The Hall–Kier alpha value is -1.06. The molecule has 0 bridgehead atoms. The normalized spacial score (nSPS) is 21.3. The highest BCUT2D eigenvalue weighted by Crippen LogP contribution is 2.18. The number of carbonyl (C=O) groups is 2. The van der Waals surface area contributed by atoms with Gasteiger partial charge in [0.05, 0.1) is 6.61 Å². The van der Waals surface area contributed by atoms with Crippen molar-refractivity contribution in [1.82, 2.24) is 0 Å². The van der Waals surface area contributed by atoms with Crippen molar-refractivity contribution in [3.63, 3.8) is 0 Å². The molecule has 0 aromatic heterocycles. The van der Waals surface area contributed by atoms with E-state index in [1.165, 1.54) is 0 Å². The molecule has 1 fully saturated rings. The SMILES string of the molecule is CCOC(=O)CC[C@@H]1CCC(=O)O1. The van der Waals surface area contributed by atoms with Crippen LogP contribution in [0.1, 0.15) is 32.6 Å². The summed E-state index contributed by atoms with van der Waals surface area (Å²) in [5, 5.41) is 0. The molecule has 1 rings (SSSR count). The van der Waals surface area contributed by atoms with Crippen LogP contribution < -0.4 is 0 Å². The van der Waals surface area contributed by atoms with Gasteiger partial charge in [-0.05, 0) is 19.8 Å². The number of ether oxygens (including phenoxy) is 2. The van der Waals surface area contributed by atoms with Gasteiger partial charge in [0.2, 0.25) is 0 Å². The van der Waals surface area contributed by atoms with Gasteiger partial charge in [0.1, 0.15) is 6.10 Å². The average molecular weight is 186 g/mol. The molecule has 0 aliphatic carbocycles. The molecule has 0 radical (unpaired) electrons. The molecule has 0 saturated carbocycles. The molecular formula is C9H14O4. The number of carbonyl (C=O) groups excluding carboxylic acids is 2. The predicted octanol–water partition coefficient (Wildman–Crippen LogP) is 1.04. The molecule has 4 heteroatoms. The third kappa shape index (κ3) is 3.44. The lowest BCUT2D eigenvalue weighted by atomic mass is 10.1. The minimum atomic E-state index is -0.217. The molecule has 1 atom stereocenters. The molecule has 1 aliphatic heterocycles. The van der Waals surface area contributed by atoms with Gasteiger partial charge in [-0.15, -0.1) is 0 Å². The van der Waals surface area contributed by atoms with Gasteiger partial charge in [0.25, 0.3) is 0 Å². The fourth-order valence-electron chi connectivity index (χ4n) is 1.30. The van der Waals surface area contributed by atoms with E-state index in [9.17, 15) is 9.59 Å². The van der Waals surface area contributed by atoms with Gasteiger partial charge in [0, 0.05) is 12.8 Å². The summed E-state index contributed by atoms with van der Waals surface area (Å²) in [5.41, 5.74) is 0. The molecule has 0 spiro atoms. The van der Waals surface area contributed by atoms with Crippen LogP contribution in [0, 0.1) is 0 Å². The van der Waals surface area contributed by atoms with E-state index in [1.54, 1.807) is 6.92 Å². The first-order valence-electron chi connectivity index (χ1n) is 4.57. The number of hydrogen-bond acceptors (Lipinski definition) is 4. The fraction of sp³-hybridized carbons (Fsp3) is 0.778. The van der Waals surface area contributed by atoms with Crippen molar-refractivity contribution in [2.45, 2.75) is 38.7 Å². The van der Waals surface area contributed by atoms with Crippen molar-refractivity contribution >= 4 is 11.9 Å². The lowest BCUT2D eigenvalue weighted by Gasteiger charge is -2.07. The number of esters is 2. The van der Waals surface area contributed by atoms with Crippen molar-refractivity contribution in [3.05, 3.63) is 0 Å². The van der Waals surface area contributed by atoms with Gasteiger partial charge in [-0.2, -0.15) is 0 Å². The summed E-state index contributed by atoms with van der Waals surface area (Å²) < 4.78 is 9.69. The van der Waals surface area contributed by atoms with Gasteiger partial charge in [-0.3, -0.25) is 9.59 Å². The van der Waals surface area contributed by atoms with Gasteiger partial charge < -0.3 is 9.47 Å². The molecule has 74 valence electrons. The summed E-state index contributed by atoms with van der Waals surface area (Å²) >= 11 is 0. The molecule has 0 N–H and O–H groups in total. The Kier molecular flexibility index (Phi) is 3.73. The van der Waals surface area contributed by atoms with E-state index in [0.29, 0.717) is 25.9 Å². The summed E-state index contributed by atoms with van der Waals surface area (Å²) in [6.45, 7) is 2.18. The summed E-state index contributed by atoms with van der Waals surface area (Å²) in [6.07, 6.45) is 2.07. The number of hydrogen-bond donors (Lipinski definition) is 0. The Bertz CT molecular complexity index is 200. The monoisotopic (exact) mass is 186 g/mol. The summed E-state index contributed by atoms with van der Waals surface area (Å²) in [4.78, 5) is 21.6. The zero-order valence-electron chi connectivity index (χ0n) is 7.75. The van der Waals surface area contributed by atoms with Gasteiger partial charge in [0.15, 0.2) is 0 Å². The summed E-state index contributed by atoms with van der Waals surface area (Å²) in [5.74, 6) is -0.376. The minimum Gasteiger partial charge on any atom is -0.466 e. The van der Waals surface area contributed by atoms with E-state index >= 15 is 0 Å². The van der Waals surface area contributed by atoms with Crippen molar-refractivity contribution in [3.8, 4) is 0 Å². The van der Waals surface area contributed by atoms with Crippen LogP contribution in [0.25, 0.3) is 0 Å². The van der Waals surface area contributed by atoms with Crippen LogP contribution in [-0.2, 0) is 19.1 Å². The second-order valence-electron chi connectivity index (χ2n) is 2.99. The standard InChI is InChI=1S/C9H14O4/c1-2-12-8(10)5-3-7-4-6-9(11)13-7/h7H,2-6H2,1H3/t7-/m1/s1. The van der Waals surface area contributed by atoms with Crippen LogP contribution in [0.2, 0.25) is 0 Å². The van der Waals surface area contributed by atoms with Crippen LogP contribution >= 0.6 is 0 Å². The van der Waals surface area contributed by atoms with E-state index in [2.05, 4.69) is 0 Å². The number of rotatable bonds is 4. The molecule has 0 aromatic carbocycles. The van der Waals surface area contributed by atoms with Crippen molar-refractivity contribution in [1.29, 1.82) is 0 Å². The van der Waals surface area contributed by atoms with E-state index in [1.807, 2.05) is 0 Å². The van der Waals surface area contributed by atoms with Crippen LogP contribution in [0.3, 0.4) is 0 Å². The molecule has 0 amide bonds. The van der Waals surface area contributed by atoms with E-state index in [4.69, 9.17) is 9.47 Å². The van der Waals surface area contributed by atoms with E-state index in [0.717, 1.165) is 6.42 Å². The Morgan fingerprint density at radius 2 is 2.46 bits per heavy atom. The third-order valence-corrected chi connectivity index (χ3v) is 1.94. The molecule has 0 aromatic rings. The van der Waals surface area contributed by atoms with Crippen LogP contribution in [0.5, 0.6) is 0 Å². The molecule has 1 heterocycles. The summed E-state index contributed by atoms with van der Waals surface area (Å²) in [7, 11) is 0. The van der Waals surface area contributed by atoms with Crippen LogP contribution in [-0.4, -0.2) is 24.6 Å². The Balaban J connectivity index is 2.12. The first kappa shape index (κ1) is 10.0. The zero-order valence-corrected chi connectivity index (χ0v) is 7.75. The Labute approximate surface area is 77.2 Å². The highest BCUT2D eigenvalue weighted by molar-refractivity contribution is 5.72. The van der Waals surface area contributed by atoms with E-state index < -0.39 is 0 Å². The van der Waals surface area contributed by atoms with Gasteiger partial charge >= 0.3 is 11.9 Å². The largest absolute Gasteiger partial charge is 0.466 e. The number of cyclic esters (lactones) is 1. The zero-order chi connectivity index (χ0) is 9.68. The van der Waals surface area contributed by atoms with Gasteiger partial charge in [-0.1, -0.05) is 0 Å². The maximum Gasteiger partial charge on any atom is 0.306 e. The molecule has 1 aliphatic rings. The second kappa shape index (κ2) is 4.84. The lowest BCUT2D eigenvalue weighted by Crippen LogP contribution is -2.11. The minimum absolute atomic E-state index is 0.0723. The second-order valence-corrected chi connectivity index (χ2v) is 2.99. The average Bonchev–Trinajstić information content (AvgIpc) is 2.49. The maximum absolute atomic E-state index is 10.9. The van der Waals surface area contributed by atoms with Crippen LogP contribution in [0.15, 0.2) is 0 Å². The van der Waals surface area contributed by atoms with Crippen molar-refractivity contribution < 1.29 is 19.1 Å². The van der Waals surface area contributed by atoms with Gasteiger partial charge in [-0.25, -0.2) is 0 Å². The fourth-order valence-corrected chi connectivity index (χ4v) is 1.30. The Morgan fingerprint density at radius 3 is 3.00 bits per heavy atom. The first-order chi connectivity index (χ1) is 6.22. The topological polar surface area (TPSA) is 52.6 Å². The first-order valence-corrected chi connectivity index (χ1v) is 4.57. The van der Waals surface area contributed by atoms with Crippen molar-refractivity contribution in [2.24, 2.45) is 0 Å². The summed E-state index contributed by atoms with van der Waals surface area (Å²) in [6, 6.07) is 0. The quantitative estimate of drug-likeness (QED) is 0.615. The highest BCUT2D eigenvalue weighted by Gasteiger charge is 2.23. The smallest absolute Gasteiger partial charge is 0.306 e. The van der Waals surface area contributed by atoms with Crippen LogP contribution in [0.4, 0.5) is 0 Å². The molecule has 0 unspecified atom stereocenters. The third-order valence-electron chi connectivity index (χ3n) is 1.94. The predicted molar refractivity (Wildman–Crippen MR) is 45.0 cm³/mol. The molecule has 13 heavy (non-hydrogen) atoms. The lowest BCUT2D eigenvalue weighted by molar-refractivity contribution is -0.146. The van der Waals surface area contributed by atoms with Crippen molar-refractivity contribution in [2.75, 3.05) is 6.61 Å². The van der Waals surface area contributed by atoms with E-state index in [-0.39, 0.29) is 18.0 Å². The molecule has 1 saturated heterocycles.